The fourth-order valence-corrected chi connectivity index (χ4v) is 2.63. The number of nitrogens with one attached hydrogen (secondary N) is 1. The lowest BCUT2D eigenvalue weighted by Crippen LogP contribution is -2.46. The molecule has 1 heterocycles. The van der Waals surface area contributed by atoms with Crippen LogP contribution in [-0.4, -0.2) is 54.2 Å². The Labute approximate surface area is 130 Å². The Morgan fingerprint density at radius 3 is 2.95 bits per heavy atom. The van der Waals surface area contributed by atoms with Crippen LogP contribution >= 0.6 is 0 Å². The molecule has 5 nitrogen and oxygen atoms in total. The third kappa shape index (κ3) is 4.68. The van der Waals surface area contributed by atoms with Gasteiger partial charge in [-0.2, -0.15) is 0 Å². The second kappa shape index (κ2) is 7.56. The maximum absolute atomic E-state index is 13.7. The third-order valence-corrected chi connectivity index (χ3v) is 3.72. The second-order valence-corrected chi connectivity index (χ2v) is 6.06. The van der Waals surface area contributed by atoms with E-state index in [-0.39, 0.29) is 11.8 Å². The number of nitrogens with zero attached hydrogens (tertiary/aromatic N) is 2. The lowest BCUT2D eigenvalue weighted by Gasteiger charge is -2.30. The highest BCUT2D eigenvalue weighted by Crippen LogP contribution is 2.13. The first-order valence-electron chi connectivity index (χ1n) is 7.58. The molecule has 2 amide bonds. The van der Waals surface area contributed by atoms with Gasteiger partial charge in [0.2, 0.25) is 0 Å². The molecular weight excluding hydrogens is 285 g/mol. The molecule has 0 spiro atoms. The molecule has 6 heteroatoms. The number of urea groups is 1. The van der Waals surface area contributed by atoms with Gasteiger partial charge in [0.15, 0.2) is 0 Å². The average molecular weight is 309 g/mol. The van der Waals surface area contributed by atoms with Gasteiger partial charge in [-0.25, -0.2) is 9.18 Å². The van der Waals surface area contributed by atoms with Gasteiger partial charge < -0.3 is 20.2 Å². The molecule has 1 aliphatic rings. The Morgan fingerprint density at radius 2 is 2.27 bits per heavy atom. The molecule has 0 radical (unpaired) electrons. The number of β-amino-alcohol motifs (C(OH)–C–C–N with tert-alkyl or cyclic N) is 1. The van der Waals surface area contributed by atoms with Gasteiger partial charge in [0.1, 0.15) is 5.82 Å². The molecule has 2 rings (SSSR count). The molecule has 1 saturated heterocycles. The van der Waals surface area contributed by atoms with Crippen LogP contribution in [0.15, 0.2) is 18.2 Å². The molecule has 1 aliphatic heterocycles. The van der Waals surface area contributed by atoms with Gasteiger partial charge in [-0.05, 0) is 44.6 Å². The number of benzene rings is 1. The van der Waals surface area contributed by atoms with Crippen molar-refractivity contribution in [3.8, 4) is 0 Å². The van der Waals surface area contributed by atoms with Crippen LogP contribution in [0, 0.1) is 5.82 Å². The van der Waals surface area contributed by atoms with Crippen LogP contribution in [0.5, 0.6) is 0 Å². The van der Waals surface area contributed by atoms with Gasteiger partial charge in [0, 0.05) is 31.7 Å². The zero-order valence-corrected chi connectivity index (χ0v) is 13.2. The number of carbonyl (C=O) groups is 1. The number of hydrogen-bond acceptors (Lipinski definition) is 3. The summed E-state index contributed by atoms with van der Waals surface area (Å²) in [5, 5.41) is 12.4. The molecule has 0 aliphatic carbocycles. The normalized spacial score (nSPS) is 18.6. The van der Waals surface area contributed by atoms with Gasteiger partial charge in [0.25, 0.3) is 0 Å². The van der Waals surface area contributed by atoms with Crippen LogP contribution in [-0.2, 0) is 13.1 Å². The highest BCUT2D eigenvalue weighted by Gasteiger charge is 2.21. The molecule has 1 fully saturated rings. The van der Waals surface area contributed by atoms with Gasteiger partial charge >= 0.3 is 6.03 Å². The van der Waals surface area contributed by atoms with Crippen molar-refractivity contribution in [3.05, 3.63) is 35.1 Å². The summed E-state index contributed by atoms with van der Waals surface area (Å²) in [6, 6.07) is 4.71. The predicted molar refractivity (Wildman–Crippen MR) is 82.8 cm³/mol. The number of rotatable bonds is 4. The molecule has 0 bridgehead atoms. The van der Waals surface area contributed by atoms with Gasteiger partial charge in [-0.1, -0.05) is 6.07 Å². The third-order valence-electron chi connectivity index (χ3n) is 3.72. The summed E-state index contributed by atoms with van der Waals surface area (Å²) in [6.45, 7) is 1.91. The molecule has 1 unspecified atom stereocenters. The predicted octanol–water partition coefficient (Wildman–Crippen LogP) is 1.55. The number of hydrogen-bond donors (Lipinski definition) is 2. The average Bonchev–Trinajstić information content (AvgIpc) is 2.47. The van der Waals surface area contributed by atoms with E-state index in [1.165, 1.54) is 6.07 Å². The summed E-state index contributed by atoms with van der Waals surface area (Å²) in [4.78, 5) is 15.6. The molecule has 0 aromatic heterocycles. The minimum absolute atomic E-state index is 0.183. The van der Waals surface area contributed by atoms with E-state index in [1.807, 2.05) is 19.0 Å². The molecule has 122 valence electrons. The van der Waals surface area contributed by atoms with E-state index in [4.69, 9.17) is 0 Å². The van der Waals surface area contributed by atoms with E-state index < -0.39 is 6.10 Å². The number of piperidine rings is 1. The minimum Gasteiger partial charge on any atom is -0.391 e. The summed E-state index contributed by atoms with van der Waals surface area (Å²) in [6.07, 6.45) is 1.13. The smallest absolute Gasteiger partial charge is 0.317 e. The molecular formula is C16H24FN3O2. The van der Waals surface area contributed by atoms with Crippen molar-refractivity contribution in [1.29, 1.82) is 0 Å². The Balaban J connectivity index is 1.92. The zero-order chi connectivity index (χ0) is 16.1. The van der Waals surface area contributed by atoms with Crippen LogP contribution in [0.1, 0.15) is 24.0 Å². The topological polar surface area (TPSA) is 55.8 Å². The Kier molecular flexibility index (Phi) is 5.74. The van der Waals surface area contributed by atoms with E-state index in [0.717, 1.165) is 18.4 Å². The van der Waals surface area contributed by atoms with Gasteiger partial charge in [0.05, 0.1) is 6.10 Å². The highest BCUT2D eigenvalue weighted by molar-refractivity contribution is 5.74. The maximum Gasteiger partial charge on any atom is 0.317 e. The number of carbonyl (C=O) groups excluding carboxylic acids is 1. The number of halogens is 1. The monoisotopic (exact) mass is 309 g/mol. The summed E-state index contributed by atoms with van der Waals surface area (Å²) in [7, 11) is 3.77. The highest BCUT2D eigenvalue weighted by atomic mass is 19.1. The standard InChI is InChI=1S/C16H24FN3O2/c1-19(2)10-13-8-12(5-6-15(13)17)9-18-16(22)20-7-3-4-14(21)11-20/h5-6,8,14,21H,3-4,7,9-11H2,1-2H3,(H,18,22). The first-order chi connectivity index (χ1) is 10.5. The van der Waals surface area contributed by atoms with Crippen molar-refractivity contribution in [1.82, 2.24) is 15.1 Å². The van der Waals surface area contributed by atoms with Crippen LogP contribution in [0.4, 0.5) is 9.18 Å². The van der Waals surface area contributed by atoms with Crippen molar-refractivity contribution >= 4 is 6.03 Å². The molecule has 1 aromatic rings. The second-order valence-electron chi connectivity index (χ2n) is 6.06. The zero-order valence-electron chi connectivity index (χ0n) is 13.2. The quantitative estimate of drug-likeness (QED) is 0.887. The Hall–Kier alpha value is -1.66. The fraction of sp³-hybridized carbons (Fsp3) is 0.562. The number of aliphatic hydroxyl groups excluding tert-OH is 1. The molecule has 22 heavy (non-hydrogen) atoms. The summed E-state index contributed by atoms with van der Waals surface area (Å²) in [5.41, 5.74) is 1.48. The lowest BCUT2D eigenvalue weighted by atomic mass is 10.1. The number of amides is 2. The molecule has 1 aromatic carbocycles. The minimum atomic E-state index is -0.433. The van der Waals surface area contributed by atoms with Crippen molar-refractivity contribution < 1.29 is 14.3 Å². The number of likely N-dealkylation sites (tertiary alicyclic amines) is 1. The van der Waals surface area contributed by atoms with Gasteiger partial charge in [-0.15, -0.1) is 0 Å². The molecule has 0 saturated carbocycles. The maximum atomic E-state index is 13.7. The summed E-state index contributed by atoms with van der Waals surface area (Å²) < 4.78 is 13.7. The fourth-order valence-electron chi connectivity index (χ4n) is 2.63. The molecule has 2 N–H and O–H groups in total. The van der Waals surface area contributed by atoms with E-state index in [0.29, 0.717) is 31.7 Å². The first-order valence-corrected chi connectivity index (χ1v) is 7.58. The van der Waals surface area contributed by atoms with Crippen molar-refractivity contribution in [2.45, 2.75) is 32.0 Å². The van der Waals surface area contributed by atoms with Crippen LogP contribution in [0.25, 0.3) is 0 Å². The largest absolute Gasteiger partial charge is 0.391 e. The summed E-state index contributed by atoms with van der Waals surface area (Å²) in [5.74, 6) is -0.233. The Morgan fingerprint density at radius 1 is 1.50 bits per heavy atom. The van der Waals surface area contributed by atoms with E-state index >= 15 is 0 Å². The van der Waals surface area contributed by atoms with E-state index in [2.05, 4.69) is 5.32 Å². The van der Waals surface area contributed by atoms with Crippen LogP contribution < -0.4 is 5.32 Å². The number of aliphatic hydroxyl groups is 1. The molecule has 1 atom stereocenters. The van der Waals surface area contributed by atoms with Crippen LogP contribution in [0.2, 0.25) is 0 Å². The van der Waals surface area contributed by atoms with Crippen molar-refractivity contribution in [2.75, 3.05) is 27.2 Å². The van der Waals surface area contributed by atoms with Crippen molar-refractivity contribution in [2.24, 2.45) is 0 Å². The van der Waals surface area contributed by atoms with Gasteiger partial charge in [-0.3, -0.25) is 0 Å². The lowest BCUT2D eigenvalue weighted by molar-refractivity contribution is 0.0842. The SMILES string of the molecule is CN(C)Cc1cc(CNC(=O)N2CCCC(O)C2)ccc1F. The van der Waals surface area contributed by atoms with E-state index in [9.17, 15) is 14.3 Å². The summed E-state index contributed by atoms with van der Waals surface area (Å²) >= 11 is 0. The Bertz CT molecular complexity index is 522. The van der Waals surface area contributed by atoms with E-state index in [1.54, 1.807) is 17.0 Å². The van der Waals surface area contributed by atoms with Crippen LogP contribution in [0.3, 0.4) is 0 Å². The van der Waals surface area contributed by atoms with Crippen molar-refractivity contribution in [3.63, 3.8) is 0 Å². The first kappa shape index (κ1) is 16.7.